The van der Waals surface area contributed by atoms with Crippen molar-refractivity contribution in [3.8, 4) is 0 Å². The largest absolute Gasteiger partial charge is 0.465 e. The molecule has 0 aromatic carbocycles. The number of aliphatic imine (C=N–C) groups is 1. The number of esters is 1. The minimum Gasteiger partial charge on any atom is -0.465 e. The lowest BCUT2D eigenvalue weighted by molar-refractivity contribution is 0.0599. The van der Waals surface area contributed by atoms with Crippen molar-refractivity contribution in [2.75, 3.05) is 13.7 Å². The van der Waals surface area contributed by atoms with Gasteiger partial charge in [-0.05, 0) is 19.9 Å². The molecule has 2 heterocycles. The number of nitrogens with one attached hydrogen (secondary N) is 2. The van der Waals surface area contributed by atoms with Crippen LogP contribution in [0.1, 0.15) is 61.2 Å². The molecule has 0 atom stereocenters. The predicted molar refractivity (Wildman–Crippen MR) is 117 cm³/mol. The number of aryl methyl sites for hydroxylation is 1. The van der Waals surface area contributed by atoms with Gasteiger partial charge in [-0.15, -0.1) is 24.0 Å². The zero-order valence-corrected chi connectivity index (χ0v) is 19.5. The smallest absolute Gasteiger partial charge is 0.341 e. The highest BCUT2D eigenvalue weighted by molar-refractivity contribution is 14.0. The monoisotopic (exact) mass is 504 g/mol. The van der Waals surface area contributed by atoms with Crippen LogP contribution in [-0.4, -0.2) is 30.6 Å². The van der Waals surface area contributed by atoms with Crippen LogP contribution < -0.4 is 10.6 Å². The van der Waals surface area contributed by atoms with Crippen LogP contribution in [0, 0.1) is 6.92 Å². The van der Waals surface area contributed by atoms with E-state index in [0.29, 0.717) is 42.0 Å². The molecule has 0 saturated carbocycles. The first-order chi connectivity index (χ1) is 12.7. The van der Waals surface area contributed by atoms with Gasteiger partial charge < -0.3 is 24.2 Å². The fourth-order valence-corrected chi connectivity index (χ4v) is 2.33. The Balaban J connectivity index is 0.00000392. The Morgan fingerprint density at radius 1 is 1.29 bits per heavy atom. The summed E-state index contributed by atoms with van der Waals surface area (Å²) in [6, 6.07) is 1.65. The summed E-state index contributed by atoms with van der Waals surface area (Å²) in [7, 11) is 1.34. The topological polar surface area (TPSA) is 102 Å². The summed E-state index contributed by atoms with van der Waals surface area (Å²) < 4.78 is 16.1. The molecule has 2 aromatic heterocycles. The molecule has 0 radical (unpaired) electrons. The van der Waals surface area contributed by atoms with Crippen LogP contribution in [0.2, 0.25) is 0 Å². The van der Waals surface area contributed by atoms with Crippen molar-refractivity contribution < 1.29 is 18.4 Å². The molecule has 0 aliphatic rings. The molecule has 0 spiro atoms. The maximum atomic E-state index is 11.7. The Morgan fingerprint density at radius 2 is 2.00 bits per heavy atom. The average molecular weight is 504 g/mol. The Hall–Kier alpha value is -2.04. The fraction of sp³-hybridized carbons (Fsp3) is 0.526. The van der Waals surface area contributed by atoms with Gasteiger partial charge in [0.05, 0.1) is 19.9 Å². The summed E-state index contributed by atoms with van der Waals surface area (Å²) >= 11 is 0. The number of ether oxygens (including phenoxy) is 1. The molecule has 0 fully saturated rings. The van der Waals surface area contributed by atoms with Crippen molar-refractivity contribution in [2.24, 2.45) is 4.99 Å². The number of aromatic nitrogens is 1. The molecular weight excluding hydrogens is 475 g/mol. The first-order valence-electron chi connectivity index (χ1n) is 8.89. The quantitative estimate of drug-likeness (QED) is 0.269. The number of methoxy groups -OCH3 is 1. The van der Waals surface area contributed by atoms with Crippen LogP contribution in [0.4, 0.5) is 0 Å². The van der Waals surface area contributed by atoms with Crippen molar-refractivity contribution in [2.45, 2.75) is 53.1 Å². The van der Waals surface area contributed by atoms with Gasteiger partial charge in [-0.3, -0.25) is 0 Å². The highest BCUT2D eigenvalue weighted by Gasteiger charge is 2.19. The SMILES string of the molecule is CCNC(=NCc1cc(C(=O)OC)c(C)o1)NCc1ncc(C(C)(C)C)o1.I. The first kappa shape index (κ1) is 24.0. The van der Waals surface area contributed by atoms with Crippen molar-refractivity contribution in [3.63, 3.8) is 0 Å². The van der Waals surface area contributed by atoms with E-state index in [1.807, 2.05) is 6.92 Å². The van der Waals surface area contributed by atoms with Crippen LogP contribution in [-0.2, 0) is 23.2 Å². The number of carbonyl (C=O) groups is 1. The van der Waals surface area contributed by atoms with Gasteiger partial charge in [-0.2, -0.15) is 0 Å². The number of hydrogen-bond donors (Lipinski definition) is 2. The summed E-state index contributed by atoms with van der Waals surface area (Å²) in [6.45, 7) is 11.3. The summed E-state index contributed by atoms with van der Waals surface area (Å²) in [5.74, 6) is 2.70. The second kappa shape index (κ2) is 10.5. The molecule has 0 bridgehead atoms. The maximum absolute atomic E-state index is 11.7. The van der Waals surface area contributed by atoms with Crippen LogP contribution in [0.3, 0.4) is 0 Å². The predicted octanol–water partition coefficient (Wildman–Crippen LogP) is 3.53. The zero-order valence-electron chi connectivity index (χ0n) is 17.2. The fourth-order valence-electron chi connectivity index (χ4n) is 2.33. The van der Waals surface area contributed by atoms with Gasteiger partial charge >= 0.3 is 5.97 Å². The molecule has 156 valence electrons. The number of furan rings is 1. The Labute approximate surface area is 182 Å². The van der Waals surface area contributed by atoms with Crippen LogP contribution >= 0.6 is 24.0 Å². The van der Waals surface area contributed by atoms with Crippen molar-refractivity contribution in [1.29, 1.82) is 0 Å². The highest BCUT2D eigenvalue weighted by Crippen LogP contribution is 2.22. The highest BCUT2D eigenvalue weighted by atomic mass is 127. The summed E-state index contributed by atoms with van der Waals surface area (Å²) in [4.78, 5) is 20.4. The summed E-state index contributed by atoms with van der Waals surface area (Å²) in [5, 5.41) is 6.33. The number of rotatable bonds is 6. The van der Waals surface area contributed by atoms with E-state index in [0.717, 1.165) is 5.76 Å². The second-order valence-electron chi connectivity index (χ2n) is 7.09. The number of guanidine groups is 1. The normalized spacial score (nSPS) is 11.7. The maximum Gasteiger partial charge on any atom is 0.341 e. The van der Waals surface area contributed by atoms with E-state index in [4.69, 9.17) is 13.6 Å². The third-order valence-corrected chi connectivity index (χ3v) is 3.81. The standard InChI is InChI=1S/C19H28N4O4.HI/c1-7-20-18(23-11-16-21-10-15(27-16)19(3,4)5)22-9-13-8-14(12(2)26-13)17(24)25-6;/h8,10H,7,9,11H2,1-6H3,(H2,20,22,23);1H. The van der Waals surface area contributed by atoms with Crippen LogP contribution in [0.25, 0.3) is 0 Å². The molecule has 0 aliphatic heterocycles. The van der Waals surface area contributed by atoms with E-state index in [1.165, 1.54) is 7.11 Å². The van der Waals surface area contributed by atoms with Gasteiger partial charge in [0.15, 0.2) is 5.96 Å². The van der Waals surface area contributed by atoms with Crippen molar-refractivity contribution in [1.82, 2.24) is 15.6 Å². The minimum absolute atomic E-state index is 0. The van der Waals surface area contributed by atoms with Gasteiger partial charge in [-0.1, -0.05) is 20.8 Å². The van der Waals surface area contributed by atoms with Crippen LogP contribution in [0.5, 0.6) is 0 Å². The summed E-state index contributed by atoms with van der Waals surface area (Å²) in [5.41, 5.74) is 0.327. The molecule has 9 heteroatoms. The van der Waals surface area contributed by atoms with E-state index in [9.17, 15) is 4.79 Å². The molecule has 2 N–H and O–H groups in total. The molecule has 0 saturated heterocycles. The lowest BCUT2D eigenvalue weighted by Crippen LogP contribution is -2.36. The first-order valence-corrected chi connectivity index (χ1v) is 8.89. The number of hydrogen-bond acceptors (Lipinski definition) is 6. The molecule has 2 aromatic rings. The van der Waals surface area contributed by atoms with Gasteiger partial charge in [0, 0.05) is 12.0 Å². The Bertz CT molecular complexity index is 805. The van der Waals surface area contributed by atoms with Crippen molar-refractivity contribution >= 4 is 35.9 Å². The van der Waals surface area contributed by atoms with Gasteiger partial charge in [0.2, 0.25) is 5.89 Å². The van der Waals surface area contributed by atoms with Crippen molar-refractivity contribution in [3.05, 3.63) is 41.0 Å². The van der Waals surface area contributed by atoms with Gasteiger partial charge in [-0.25, -0.2) is 14.8 Å². The van der Waals surface area contributed by atoms with Crippen LogP contribution in [0.15, 0.2) is 26.1 Å². The molecule has 8 nitrogen and oxygen atoms in total. The van der Waals surface area contributed by atoms with E-state index in [-0.39, 0.29) is 35.9 Å². The molecule has 0 aliphatic carbocycles. The average Bonchev–Trinajstić information content (AvgIpc) is 3.23. The third kappa shape index (κ3) is 6.54. The number of nitrogens with zero attached hydrogens (tertiary/aromatic N) is 2. The Morgan fingerprint density at radius 3 is 2.57 bits per heavy atom. The number of oxazole rings is 1. The lowest BCUT2D eigenvalue weighted by atomic mass is 9.94. The molecular formula is C19H29IN4O4. The molecule has 28 heavy (non-hydrogen) atoms. The van der Waals surface area contributed by atoms with Gasteiger partial charge in [0.1, 0.15) is 29.4 Å². The van der Waals surface area contributed by atoms with E-state index >= 15 is 0 Å². The minimum atomic E-state index is -0.421. The van der Waals surface area contributed by atoms with E-state index < -0.39 is 5.97 Å². The van der Waals surface area contributed by atoms with E-state index in [2.05, 4.69) is 41.4 Å². The molecule has 0 unspecified atom stereocenters. The third-order valence-electron chi connectivity index (χ3n) is 3.81. The van der Waals surface area contributed by atoms with Gasteiger partial charge in [0.25, 0.3) is 0 Å². The Kier molecular flexibility index (Phi) is 8.99. The number of halogens is 1. The molecule has 0 amide bonds. The number of carbonyl (C=O) groups excluding carboxylic acids is 1. The lowest BCUT2D eigenvalue weighted by Gasteiger charge is -2.13. The molecule has 2 rings (SSSR count). The second-order valence-corrected chi connectivity index (χ2v) is 7.09. The summed E-state index contributed by atoms with van der Waals surface area (Å²) in [6.07, 6.45) is 1.75. The van der Waals surface area contributed by atoms with E-state index in [1.54, 1.807) is 19.2 Å². The zero-order chi connectivity index (χ0) is 20.0.